The van der Waals surface area contributed by atoms with Crippen molar-refractivity contribution in [2.75, 3.05) is 13.1 Å². The lowest BCUT2D eigenvalue weighted by atomic mass is 9.94. The van der Waals surface area contributed by atoms with Crippen molar-refractivity contribution in [3.63, 3.8) is 0 Å². The van der Waals surface area contributed by atoms with E-state index in [2.05, 4.69) is 15.4 Å². The van der Waals surface area contributed by atoms with Gasteiger partial charge in [-0.05, 0) is 44.7 Å². The molecular formula is C12H21N5. The van der Waals surface area contributed by atoms with E-state index in [1.165, 1.54) is 12.8 Å². The van der Waals surface area contributed by atoms with Crippen LogP contribution in [0.25, 0.3) is 0 Å². The lowest BCUT2D eigenvalue weighted by Gasteiger charge is -2.21. The fourth-order valence-corrected chi connectivity index (χ4v) is 2.86. The maximum Gasteiger partial charge on any atom is 0.151 e. The van der Waals surface area contributed by atoms with Gasteiger partial charge >= 0.3 is 0 Å². The normalized spacial score (nSPS) is 25.8. The fraction of sp³-hybridized carbons (Fsp3) is 0.833. The summed E-state index contributed by atoms with van der Waals surface area (Å²) in [7, 11) is 0. The third kappa shape index (κ3) is 2.35. The number of nitrogens with one attached hydrogen (secondary N) is 1. The van der Waals surface area contributed by atoms with E-state index in [0.717, 1.165) is 56.5 Å². The number of hydrogen-bond acceptors (Lipinski definition) is 4. The van der Waals surface area contributed by atoms with Crippen molar-refractivity contribution < 1.29 is 0 Å². The Morgan fingerprint density at radius 2 is 2.12 bits per heavy atom. The molecule has 2 aliphatic heterocycles. The quantitative estimate of drug-likeness (QED) is 0.788. The van der Waals surface area contributed by atoms with E-state index in [4.69, 9.17) is 5.73 Å². The monoisotopic (exact) mass is 235 g/mol. The molecular weight excluding hydrogens is 214 g/mol. The van der Waals surface area contributed by atoms with Gasteiger partial charge in [0.25, 0.3) is 0 Å². The topological polar surface area (TPSA) is 68.8 Å². The van der Waals surface area contributed by atoms with Gasteiger partial charge in [0, 0.05) is 13.0 Å². The molecule has 3 N–H and O–H groups in total. The number of fused-ring (bicyclic) bond motifs is 1. The van der Waals surface area contributed by atoms with Crippen LogP contribution in [0.4, 0.5) is 0 Å². The molecule has 0 aromatic carbocycles. The Bertz CT molecular complexity index is 380. The first-order valence-corrected chi connectivity index (χ1v) is 6.73. The van der Waals surface area contributed by atoms with Gasteiger partial charge in [0.2, 0.25) is 0 Å². The van der Waals surface area contributed by atoms with Gasteiger partial charge in [-0.15, -0.1) is 0 Å². The van der Waals surface area contributed by atoms with Crippen LogP contribution in [-0.2, 0) is 13.0 Å². The summed E-state index contributed by atoms with van der Waals surface area (Å²) in [6.07, 6.45) is 5.69. The molecule has 94 valence electrons. The Morgan fingerprint density at radius 3 is 2.88 bits per heavy atom. The SMILES string of the molecule is NC1CCCn2nc(CC3CCNCC3)nc21. The first kappa shape index (κ1) is 11.2. The van der Waals surface area contributed by atoms with Crippen LogP contribution in [0.3, 0.4) is 0 Å². The Balaban J connectivity index is 1.71. The molecule has 1 fully saturated rings. The first-order chi connectivity index (χ1) is 8.33. The Hall–Kier alpha value is -0.940. The van der Waals surface area contributed by atoms with Gasteiger partial charge in [-0.25, -0.2) is 9.67 Å². The number of aryl methyl sites for hydroxylation is 1. The molecule has 3 rings (SSSR count). The summed E-state index contributed by atoms with van der Waals surface area (Å²) in [4.78, 5) is 4.63. The molecule has 17 heavy (non-hydrogen) atoms. The summed E-state index contributed by atoms with van der Waals surface area (Å²) >= 11 is 0. The van der Waals surface area contributed by atoms with Gasteiger partial charge in [-0.1, -0.05) is 0 Å². The maximum atomic E-state index is 6.06. The number of aromatic nitrogens is 3. The van der Waals surface area contributed by atoms with Crippen LogP contribution in [0.1, 0.15) is 43.4 Å². The maximum absolute atomic E-state index is 6.06. The van der Waals surface area contributed by atoms with E-state index in [0.29, 0.717) is 0 Å². The average molecular weight is 235 g/mol. The molecule has 5 nitrogen and oxygen atoms in total. The summed E-state index contributed by atoms with van der Waals surface area (Å²) in [5.74, 6) is 2.75. The summed E-state index contributed by atoms with van der Waals surface area (Å²) in [5, 5.41) is 7.99. The average Bonchev–Trinajstić information content (AvgIpc) is 2.74. The molecule has 0 aliphatic carbocycles. The zero-order chi connectivity index (χ0) is 11.7. The summed E-state index contributed by atoms with van der Waals surface area (Å²) in [5.41, 5.74) is 6.06. The van der Waals surface area contributed by atoms with Crippen molar-refractivity contribution in [1.82, 2.24) is 20.1 Å². The molecule has 0 bridgehead atoms. The Labute approximate surface area is 102 Å². The number of nitrogens with zero attached hydrogens (tertiary/aromatic N) is 3. The third-order valence-electron chi connectivity index (χ3n) is 3.89. The van der Waals surface area contributed by atoms with Crippen LogP contribution in [0, 0.1) is 5.92 Å². The standard InChI is InChI=1S/C12H21N5/c13-10-2-1-7-17-12(10)15-11(16-17)8-9-3-5-14-6-4-9/h9-10,14H,1-8,13H2. The highest BCUT2D eigenvalue weighted by atomic mass is 15.4. The molecule has 1 aromatic heterocycles. The zero-order valence-electron chi connectivity index (χ0n) is 10.2. The molecule has 1 saturated heterocycles. The second-order valence-electron chi connectivity index (χ2n) is 5.26. The summed E-state index contributed by atoms with van der Waals surface area (Å²) in [6.45, 7) is 3.26. The first-order valence-electron chi connectivity index (χ1n) is 6.73. The largest absolute Gasteiger partial charge is 0.321 e. The highest BCUT2D eigenvalue weighted by molar-refractivity contribution is 5.02. The van der Waals surface area contributed by atoms with E-state index < -0.39 is 0 Å². The number of piperidine rings is 1. The molecule has 2 aliphatic rings. The minimum Gasteiger partial charge on any atom is -0.321 e. The van der Waals surface area contributed by atoms with Crippen molar-refractivity contribution >= 4 is 0 Å². The fourth-order valence-electron chi connectivity index (χ4n) is 2.86. The van der Waals surface area contributed by atoms with E-state index in [1.54, 1.807) is 0 Å². The molecule has 0 spiro atoms. The van der Waals surface area contributed by atoms with Crippen LogP contribution in [0.15, 0.2) is 0 Å². The lowest BCUT2D eigenvalue weighted by molar-refractivity contribution is 0.366. The van der Waals surface area contributed by atoms with Gasteiger partial charge in [0.05, 0.1) is 6.04 Å². The van der Waals surface area contributed by atoms with Gasteiger partial charge in [0.15, 0.2) is 5.82 Å². The Morgan fingerprint density at radius 1 is 1.29 bits per heavy atom. The third-order valence-corrected chi connectivity index (χ3v) is 3.89. The van der Waals surface area contributed by atoms with E-state index in [-0.39, 0.29) is 6.04 Å². The molecule has 1 atom stereocenters. The second-order valence-corrected chi connectivity index (χ2v) is 5.26. The van der Waals surface area contributed by atoms with Crippen molar-refractivity contribution in [3.05, 3.63) is 11.6 Å². The smallest absolute Gasteiger partial charge is 0.151 e. The summed E-state index contributed by atoms with van der Waals surface area (Å²) in [6, 6.07) is 0.0954. The van der Waals surface area contributed by atoms with Gasteiger partial charge in [0.1, 0.15) is 5.82 Å². The summed E-state index contributed by atoms with van der Waals surface area (Å²) < 4.78 is 2.02. The minimum absolute atomic E-state index is 0.0954. The van der Waals surface area contributed by atoms with Crippen LogP contribution >= 0.6 is 0 Å². The van der Waals surface area contributed by atoms with Gasteiger partial charge in [-0.3, -0.25) is 0 Å². The molecule has 1 unspecified atom stereocenters. The molecule has 0 amide bonds. The molecule has 5 heteroatoms. The zero-order valence-corrected chi connectivity index (χ0v) is 10.2. The van der Waals surface area contributed by atoms with Crippen molar-refractivity contribution in [3.8, 4) is 0 Å². The van der Waals surface area contributed by atoms with E-state index >= 15 is 0 Å². The van der Waals surface area contributed by atoms with Crippen LogP contribution < -0.4 is 11.1 Å². The van der Waals surface area contributed by atoms with Crippen LogP contribution in [-0.4, -0.2) is 27.9 Å². The van der Waals surface area contributed by atoms with Crippen molar-refractivity contribution in [2.45, 2.75) is 44.7 Å². The van der Waals surface area contributed by atoms with Gasteiger partial charge in [-0.2, -0.15) is 5.10 Å². The predicted octanol–water partition coefficient (Wildman–Crippen LogP) is 0.614. The Kier molecular flexibility index (Phi) is 3.11. The minimum atomic E-state index is 0.0954. The second kappa shape index (κ2) is 4.74. The van der Waals surface area contributed by atoms with Crippen LogP contribution in [0.2, 0.25) is 0 Å². The van der Waals surface area contributed by atoms with Crippen molar-refractivity contribution in [2.24, 2.45) is 11.7 Å². The lowest BCUT2D eigenvalue weighted by Crippen LogP contribution is -2.28. The van der Waals surface area contributed by atoms with E-state index in [9.17, 15) is 0 Å². The van der Waals surface area contributed by atoms with Crippen molar-refractivity contribution in [1.29, 1.82) is 0 Å². The number of nitrogens with two attached hydrogens (primary N) is 1. The number of rotatable bonds is 2. The number of hydrogen-bond donors (Lipinski definition) is 2. The predicted molar refractivity (Wildman–Crippen MR) is 65.5 cm³/mol. The molecule has 0 saturated carbocycles. The highest BCUT2D eigenvalue weighted by Crippen LogP contribution is 2.22. The highest BCUT2D eigenvalue weighted by Gasteiger charge is 2.22. The molecule has 3 heterocycles. The van der Waals surface area contributed by atoms with Crippen LogP contribution in [0.5, 0.6) is 0 Å². The molecule has 0 radical (unpaired) electrons. The molecule has 1 aromatic rings. The van der Waals surface area contributed by atoms with Gasteiger partial charge < -0.3 is 11.1 Å². The van der Waals surface area contributed by atoms with E-state index in [1.807, 2.05) is 4.68 Å².